The number of imidazole rings is 1. The molecule has 0 saturated heterocycles. The van der Waals surface area contributed by atoms with E-state index in [1.54, 1.807) is 19.2 Å². The second-order valence-electron chi connectivity index (χ2n) is 9.56. The molecule has 0 aliphatic heterocycles. The maximum absolute atomic E-state index is 13.6. The van der Waals surface area contributed by atoms with Crippen molar-refractivity contribution in [1.29, 1.82) is 0 Å². The van der Waals surface area contributed by atoms with Gasteiger partial charge in [-0.05, 0) is 67.6 Å². The lowest BCUT2D eigenvalue weighted by atomic mass is 10.1. The summed E-state index contributed by atoms with van der Waals surface area (Å²) in [4.78, 5) is 28.8. The van der Waals surface area contributed by atoms with Gasteiger partial charge in [0.25, 0.3) is 5.91 Å². The summed E-state index contributed by atoms with van der Waals surface area (Å²) in [5, 5.41) is 32.2. The number of rotatable bonds is 13. The summed E-state index contributed by atoms with van der Waals surface area (Å²) in [5.74, 6) is -0.527. The zero-order valence-corrected chi connectivity index (χ0v) is 21.1. The molecule has 1 aromatic heterocycles. The first-order chi connectivity index (χ1) is 18.2. The van der Waals surface area contributed by atoms with E-state index in [1.807, 2.05) is 28.8 Å². The van der Waals surface area contributed by atoms with Crippen LogP contribution in [0.1, 0.15) is 59.8 Å². The molecule has 2 unspecified atom stereocenters. The van der Waals surface area contributed by atoms with Gasteiger partial charge in [-0.3, -0.25) is 9.59 Å². The Bertz CT molecular complexity index is 1250. The SMILES string of the molecule is COc1ccc(CNC(=O)c2nc(-c3ccc(F)cc3)n(CCC(O)CC(O)CC(=O)O)c2C2CC2)cc1. The summed E-state index contributed by atoms with van der Waals surface area (Å²) in [6, 6.07) is 13.2. The molecule has 4 rings (SSSR count). The van der Waals surface area contributed by atoms with Crippen LogP contribution in [0, 0.1) is 5.82 Å². The lowest BCUT2D eigenvalue weighted by Crippen LogP contribution is -2.25. The molecule has 1 aliphatic carbocycles. The molecule has 1 fully saturated rings. The molecule has 1 saturated carbocycles. The van der Waals surface area contributed by atoms with E-state index in [2.05, 4.69) is 10.3 Å². The highest BCUT2D eigenvalue weighted by molar-refractivity contribution is 5.94. The van der Waals surface area contributed by atoms with E-state index in [1.165, 1.54) is 12.1 Å². The van der Waals surface area contributed by atoms with Crippen LogP contribution >= 0.6 is 0 Å². The van der Waals surface area contributed by atoms with E-state index in [0.717, 1.165) is 29.8 Å². The van der Waals surface area contributed by atoms with Gasteiger partial charge in [-0.25, -0.2) is 9.37 Å². The normalized spacial score (nSPS) is 14.6. The average Bonchev–Trinajstić information content (AvgIpc) is 3.66. The Morgan fingerprint density at radius 1 is 1.11 bits per heavy atom. The van der Waals surface area contributed by atoms with Crippen molar-refractivity contribution in [3.05, 3.63) is 71.3 Å². The van der Waals surface area contributed by atoms with Crippen LogP contribution in [-0.2, 0) is 17.9 Å². The number of aromatic nitrogens is 2. The minimum absolute atomic E-state index is 0.0825. The summed E-state index contributed by atoms with van der Waals surface area (Å²) in [5.41, 5.74) is 2.58. The first-order valence-corrected chi connectivity index (χ1v) is 12.6. The maximum Gasteiger partial charge on any atom is 0.305 e. The van der Waals surface area contributed by atoms with Crippen molar-refractivity contribution in [1.82, 2.24) is 14.9 Å². The van der Waals surface area contributed by atoms with Gasteiger partial charge in [0.05, 0.1) is 31.4 Å². The largest absolute Gasteiger partial charge is 0.497 e. The maximum atomic E-state index is 13.6. The molecule has 1 aliphatic rings. The predicted octanol–water partition coefficient (Wildman–Crippen LogP) is 3.48. The van der Waals surface area contributed by atoms with E-state index in [0.29, 0.717) is 23.6 Å². The zero-order valence-electron chi connectivity index (χ0n) is 21.1. The second-order valence-corrected chi connectivity index (χ2v) is 9.56. The molecule has 2 aromatic carbocycles. The molecule has 0 bridgehead atoms. The van der Waals surface area contributed by atoms with Gasteiger partial charge in [-0.15, -0.1) is 0 Å². The molecule has 10 heteroatoms. The van der Waals surface area contributed by atoms with Crippen molar-refractivity contribution in [2.75, 3.05) is 7.11 Å². The number of hydrogen-bond acceptors (Lipinski definition) is 6. The number of nitrogens with one attached hydrogen (secondary N) is 1. The molecule has 1 heterocycles. The van der Waals surface area contributed by atoms with Crippen LogP contribution in [0.15, 0.2) is 48.5 Å². The van der Waals surface area contributed by atoms with Crippen molar-refractivity contribution in [2.24, 2.45) is 0 Å². The van der Waals surface area contributed by atoms with Crippen LogP contribution in [0.4, 0.5) is 4.39 Å². The molecule has 38 heavy (non-hydrogen) atoms. The number of carboxylic acids is 1. The third kappa shape index (κ3) is 6.96. The van der Waals surface area contributed by atoms with Gasteiger partial charge in [0.2, 0.25) is 0 Å². The van der Waals surface area contributed by atoms with Gasteiger partial charge in [0.15, 0.2) is 0 Å². The minimum atomic E-state index is -1.16. The molecular weight excluding hydrogens is 493 g/mol. The number of methoxy groups -OCH3 is 1. The standard InChI is InChI=1S/C28H32FN3O6/c1-38-23-10-2-17(3-11-23)16-30-28(37)25-26(18-4-5-18)32(13-12-21(33)14-22(34)15-24(35)36)27(31-25)19-6-8-20(29)9-7-19/h2-3,6-11,18,21-22,33-34H,4-5,12-16H2,1H3,(H,30,37)(H,35,36). The van der Waals surface area contributed by atoms with Crippen LogP contribution in [-0.4, -0.2) is 56.1 Å². The monoisotopic (exact) mass is 525 g/mol. The highest BCUT2D eigenvalue weighted by atomic mass is 19.1. The molecule has 0 spiro atoms. The Labute approximate surface area is 219 Å². The van der Waals surface area contributed by atoms with Crippen molar-refractivity contribution in [3.8, 4) is 17.1 Å². The third-order valence-electron chi connectivity index (χ3n) is 6.54. The van der Waals surface area contributed by atoms with E-state index in [4.69, 9.17) is 9.84 Å². The first kappa shape index (κ1) is 27.3. The fraction of sp³-hybridized carbons (Fsp3) is 0.393. The van der Waals surface area contributed by atoms with Crippen LogP contribution in [0.5, 0.6) is 5.75 Å². The Hall–Kier alpha value is -3.76. The summed E-state index contributed by atoms with van der Waals surface area (Å²) in [7, 11) is 1.59. The Kier molecular flexibility index (Phi) is 8.75. The lowest BCUT2D eigenvalue weighted by Gasteiger charge is -2.17. The molecule has 202 valence electrons. The van der Waals surface area contributed by atoms with Crippen LogP contribution in [0.25, 0.3) is 11.4 Å². The Balaban J connectivity index is 1.58. The number of aliphatic hydroxyl groups excluding tert-OH is 2. The van der Waals surface area contributed by atoms with Crippen LogP contribution in [0.3, 0.4) is 0 Å². The van der Waals surface area contributed by atoms with E-state index in [-0.39, 0.29) is 31.2 Å². The highest BCUT2D eigenvalue weighted by Crippen LogP contribution is 2.43. The molecule has 0 radical (unpaired) electrons. The topological polar surface area (TPSA) is 134 Å². The third-order valence-corrected chi connectivity index (χ3v) is 6.54. The van der Waals surface area contributed by atoms with E-state index < -0.39 is 30.4 Å². The van der Waals surface area contributed by atoms with Gasteiger partial charge in [-0.2, -0.15) is 0 Å². The van der Waals surface area contributed by atoms with Crippen molar-refractivity contribution < 1.29 is 34.0 Å². The number of hydrogen-bond donors (Lipinski definition) is 4. The number of carboxylic acid groups (broad SMARTS) is 1. The van der Waals surface area contributed by atoms with Crippen molar-refractivity contribution in [2.45, 2.75) is 63.3 Å². The van der Waals surface area contributed by atoms with Gasteiger partial charge < -0.3 is 29.9 Å². The fourth-order valence-corrected chi connectivity index (χ4v) is 4.45. The molecule has 9 nitrogen and oxygen atoms in total. The summed E-state index contributed by atoms with van der Waals surface area (Å²) >= 11 is 0. The lowest BCUT2D eigenvalue weighted by molar-refractivity contribution is -0.139. The second kappa shape index (κ2) is 12.2. The van der Waals surface area contributed by atoms with Crippen molar-refractivity contribution in [3.63, 3.8) is 0 Å². The first-order valence-electron chi connectivity index (χ1n) is 12.6. The number of carbonyl (C=O) groups excluding carboxylic acids is 1. The number of aliphatic hydroxyl groups is 2. The molecule has 3 aromatic rings. The quantitative estimate of drug-likeness (QED) is 0.268. The summed E-state index contributed by atoms with van der Waals surface area (Å²) < 4.78 is 20.7. The number of amides is 1. The van der Waals surface area contributed by atoms with Gasteiger partial charge in [0, 0.05) is 24.6 Å². The van der Waals surface area contributed by atoms with Gasteiger partial charge >= 0.3 is 5.97 Å². The van der Waals surface area contributed by atoms with E-state index in [9.17, 15) is 24.2 Å². The molecule has 2 atom stereocenters. The Morgan fingerprint density at radius 2 is 1.79 bits per heavy atom. The number of ether oxygens (including phenoxy) is 1. The number of carbonyl (C=O) groups is 2. The number of benzene rings is 2. The van der Waals surface area contributed by atoms with Crippen LogP contribution < -0.4 is 10.1 Å². The molecule has 1 amide bonds. The number of halogens is 1. The Morgan fingerprint density at radius 3 is 2.39 bits per heavy atom. The number of nitrogens with zero attached hydrogens (tertiary/aromatic N) is 2. The summed E-state index contributed by atoms with van der Waals surface area (Å²) in [6.45, 7) is 0.587. The highest BCUT2D eigenvalue weighted by Gasteiger charge is 2.35. The molecular formula is C28H32FN3O6. The smallest absolute Gasteiger partial charge is 0.305 e. The average molecular weight is 526 g/mol. The van der Waals surface area contributed by atoms with E-state index >= 15 is 0 Å². The predicted molar refractivity (Wildman–Crippen MR) is 137 cm³/mol. The fourth-order valence-electron chi connectivity index (χ4n) is 4.45. The zero-order chi connectivity index (χ0) is 27.2. The van der Waals surface area contributed by atoms with Crippen LogP contribution in [0.2, 0.25) is 0 Å². The number of aliphatic carboxylic acids is 1. The van der Waals surface area contributed by atoms with Gasteiger partial charge in [-0.1, -0.05) is 12.1 Å². The van der Waals surface area contributed by atoms with Gasteiger partial charge in [0.1, 0.15) is 23.1 Å². The summed E-state index contributed by atoms with van der Waals surface area (Å²) in [6.07, 6.45) is -0.638. The minimum Gasteiger partial charge on any atom is -0.497 e. The van der Waals surface area contributed by atoms with Crippen molar-refractivity contribution >= 4 is 11.9 Å². The molecule has 4 N–H and O–H groups in total.